The van der Waals surface area contributed by atoms with E-state index in [1.165, 1.54) is 11.9 Å². The summed E-state index contributed by atoms with van der Waals surface area (Å²) in [4.78, 5) is 17.6. The van der Waals surface area contributed by atoms with Gasteiger partial charge in [0.15, 0.2) is 17.3 Å². The number of aliphatic imine (C=N–C) groups is 1. The van der Waals surface area contributed by atoms with Gasteiger partial charge in [-0.3, -0.25) is 4.99 Å². The Morgan fingerprint density at radius 3 is 2.68 bits per heavy atom. The lowest BCUT2D eigenvalue weighted by atomic mass is 10.1. The lowest BCUT2D eigenvalue weighted by Crippen LogP contribution is -2.13. The molecule has 10 nitrogen and oxygen atoms in total. The highest BCUT2D eigenvalue weighted by Gasteiger charge is 2.17. The molecule has 1 aliphatic rings. The second kappa shape index (κ2) is 9.18. The minimum Gasteiger partial charge on any atom is -0.493 e. The zero-order chi connectivity index (χ0) is 23.5. The molecule has 0 spiro atoms. The third-order valence-electron chi connectivity index (χ3n) is 5.40. The van der Waals surface area contributed by atoms with Crippen LogP contribution in [0.3, 0.4) is 0 Å². The van der Waals surface area contributed by atoms with Gasteiger partial charge in [-0.1, -0.05) is 24.3 Å². The van der Waals surface area contributed by atoms with Crippen LogP contribution >= 0.6 is 0 Å². The number of hydrogen-bond donors (Lipinski definition) is 1. The first-order valence-electron chi connectivity index (χ1n) is 10.6. The van der Waals surface area contributed by atoms with Crippen LogP contribution in [0.4, 0.5) is 11.6 Å². The number of methoxy groups -OCH3 is 2. The highest BCUT2D eigenvalue weighted by molar-refractivity contribution is 5.95. The van der Waals surface area contributed by atoms with Gasteiger partial charge in [0, 0.05) is 18.9 Å². The molecule has 0 saturated heterocycles. The fourth-order valence-electron chi connectivity index (χ4n) is 3.80. The standard InChI is InChI=1S/C24H23N7O3/c1-32-19-8-7-15(9-20(19)33-2)10-22-29-24(25)30-31(22)21-12-23(27-14-26-21)34-13-17-11-16-5-3-4-6-18(16)28-17/h3-9,12,14H,10-11,13H2,1-2H3,(H2,25,30). The number of fused-ring (bicyclic) bond motifs is 1. The molecule has 2 aromatic heterocycles. The lowest BCUT2D eigenvalue weighted by molar-refractivity contribution is 0.354. The van der Waals surface area contributed by atoms with Crippen LogP contribution in [0.25, 0.3) is 5.82 Å². The first kappa shape index (κ1) is 21.4. The van der Waals surface area contributed by atoms with E-state index in [2.05, 4.69) is 31.1 Å². The number of benzene rings is 2. The zero-order valence-corrected chi connectivity index (χ0v) is 18.8. The van der Waals surface area contributed by atoms with Crippen molar-refractivity contribution in [3.05, 3.63) is 71.8 Å². The number of ether oxygens (including phenoxy) is 3. The molecule has 2 aromatic carbocycles. The Bertz CT molecular complexity index is 1370. The third kappa shape index (κ3) is 4.38. The summed E-state index contributed by atoms with van der Waals surface area (Å²) in [6.45, 7) is 0.336. The molecule has 0 atom stereocenters. The van der Waals surface area contributed by atoms with Gasteiger partial charge in [0.05, 0.1) is 25.6 Å². The van der Waals surface area contributed by atoms with Crippen molar-refractivity contribution in [1.29, 1.82) is 0 Å². The molecule has 3 heterocycles. The predicted octanol–water partition coefficient (Wildman–Crippen LogP) is 2.96. The first-order valence-corrected chi connectivity index (χ1v) is 10.6. The molecule has 0 fully saturated rings. The molecule has 0 amide bonds. The van der Waals surface area contributed by atoms with E-state index in [0.29, 0.717) is 42.0 Å². The molecule has 0 saturated carbocycles. The predicted molar refractivity (Wildman–Crippen MR) is 126 cm³/mol. The van der Waals surface area contributed by atoms with Crippen molar-refractivity contribution in [2.75, 3.05) is 26.6 Å². The van der Waals surface area contributed by atoms with Crippen LogP contribution in [0, 0.1) is 0 Å². The summed E-state index contributed by atoms with van der Waals surface area (Å²) < 4.78 is 18.2. The number of nitrogen functional groups attached to an aromatic ring is 1. The molecule has 0 radical (unpaired) electrons. The maximum absolute atomic E-state index is 5.92. The number of hydrogen-bond acceptors (Lipinski definition) is 9. The number of aromatic nitrogens is 5. The second-order valence-electron chi connectivity index (χ2n) is 7.65. The van der Waals surface area contributed by atoms with E-state index < -0.39 is 0 Å². The van der Waals surface area contributed by atoms with Gasteiger partial charge in [0.25, 0.3) is 0 Å². The van der Waals surface area contributed by atoms with E-state index in [-0.39, 0.29) is 5.95 Å². The minimum absolute atomic E-state index is 0.148. The summed E-state index contributed by atoms with van der Waals surface area (Å²) in [6.07, 6.45) is 2.65. The van der Waals surface area contributed by atoms with Crippen molar-refractivity contribution >= 4 is 17.3 Å². The summed E-state index contributed by atoms with van der Waals surface area (Å²) in [7, 11) is 3.20. The average molecular weight is 457 g/mol. The number of nitrogens with zero attached hydrogens (tertiary/aromatic N) is 6. The van der Waals surface area contributed by atoms with Crippen molar-refractivity contribution in [2.24, 2.45) is 4.99 Å². The van der Waals surface area contributed by atoms with Gasteiger partial charge in [0.2, 0.25) is 11.8 Å². The largest absolute Gasteiger partial charge is 0.493 e. The van der Waals surface area contributed by atoms with E-state index in [1.54, 1.807) is 25.0 Å². The molecule has 10 heteroatoms. The Labute approximate surface area is 196 Å². The molecule has 5 rings (SSSR count). The van der Waals surface area contributed by atoms with Crippen LogP contribution in [0.15, 0.2) is 59.9 Å². The van der Waals surface area contributed by atoms with E-state index >= 15 is 0 Å². The van der Waals surface area contributed by atoms with Crippen LogP contribution in [0.1, 0.15) is 17.0 Å². The van der Waals surface area contributed by atoms with Crippen molar-refractivity contribution in [3.8, 4) is 23.2 Å². The number of nitrogens with two attached hydrogens (primary N) is 1. The molecular formula is C24H23N7O3. The van der Waals surface area contributed by atoms with Crippen molar-refractivity contribution in [3.63, 3.8) is 0 Å². The number of anilines is 1. The Morgan fingerprint density at radius 1 is 1.00 bits per heavy atom. The summed E-state index contributed by atoms with van der Waals surface area (Å²) in [5, 5.41) is 4.32. The van der Waals surface area contributed by atoms with Gasteiger partial charge in [-0.25, -0.2) is 9.97 Å². The number of para-hydroxylation sites is 1. The van der Waals surface area contributed by atoms with Crippen LogP contribution in [-0.2, 0) is 12.8 Å². The van der Waals surface area contributed by atoms with E-state index in [9.17, 15) is 0 Å². The molecule has 0 unspecified atom stereocenters. The Hall–Kier alpha value is -4.47. The highest BCUT2D eigenvalue weighted by Crippen LogP contribution is 2.29. The molecule has 34 heavy (non-hydrogen) atoms. The van der Waals surface area contributed by atoms with Crippen molar-refractivity contribution in [2.45, 2.75) is 12.8 Å². The van der Waals surface area contributed by atoms with Gasteiger partial charge >= 0.3 is 0 Å². The fraction of sp³-hybridized carbons (Fsp3) is 0.208. The van der Waals surface area contributed by atoms with Gasteiger partial charge in [-0.2, -0.15) is 9.67 Å². The van der Waals surface area contributed by atoms with E-state index in [1.807, 2.05) is 36.4 Å². The summed E-state index contributed by atoms with van der Waals surface area (Å²) in [6, 6.07) is 15.4. The van der Waals surface area contributed by atoms with E-state index in [4.69, 9.17) is 19.9 Å². The quantitative estimate of drug-likeness (QED) is 0.428. The normalized spacial score (nSPS) is 12.2. The maximum Gasteiger partial charge on any atom is 0.240 e. The SMILES string of the molecule is COc1ccc(Cc2nc(N)nn2-c2cc(OCC3=Nc4ccccc4C3)ncn2)cc1OC. The average Bonchev–Trinajstić information content (AvgIpc) is 3.45. The van der Waals surface area contributed by atoms with Gasteiger partial charge in [-0.05, 0) is 29.3 Å². The Morgan fingerprint density at radius 2 is 1.85 bits per heavy atom. The molecule has 0 bridgehead atoms. The van der Waals surface area contributed by atoms with Crippen LogP contribution < -0.4 is 19.9 Å². The molecule has 1 aliphatic heterocycles. The van der Waals surface area contributed by atoms with Crippen LogP contribution in [0.5, 0.6) is 17.4 Å². The van der Waals surface area contributed by atoms with E-state index in [0.717, 1.165) is 23.4 Å². The summed E-state index contributed by atoms with van der Waals surface area (Å²) >= 11 is 0. The van der Waals surface area contributed by atoms with Gasteiger partial charge in [-0.15, -0.1) is 5.10 Å². The smallest absolute Gasteiger partial charge is 0.240 e. The zero-order valence-electron chi connectivity index (χ0n) is 18.8. The summed E-state index contributed by atoms with van der Waals surface area (Å²) in [5.41, 5.74) is 10.00. The maximum atomic E-state index is 5.92. The number of rotatable bonds is 8. The minimum atomic E-state index is 0.148. The Kier molecular flexibility index (Phi) is 5.77. The first-order chi connectivity index (χ1) is 16.6. The summed E-state index contributed by atoms with van der Waals surface area (Å²) in [5.74, 6) is 2.96. The molecule has 172 valence electrons. The third-order valence-corrected chi connectivity index (χ3v) is 5.40. The lowest BCUT2D eigenvalue weighted by Gasteiger charge is -2.10. The van der Waals surface area contributed by atoms with Crippen LogP contribution in [0.2, 0.25) is 0 Å². The highest BCUT2D eigenvalue weighted by atomic mass is 16.5. The van der Waals surface area contributed by atoms with Crippen LogP contribution in [-0.4, -0.2) is 51.3 Å². The molecule has 2 N–H and O–H groups in total. The molecular weight excluding hydrogens is 434 g/mol. The van der Waals surface area contributed by atoms with Gasteiger partial charge < -0.3 is 19.9 Å². The monoisotopic (exact) mass is 457 g/mol. The van der Waals surface area contributed by atoms with Crippen molar-refractivity contribution < 1.29 is 14.2 Å². The molecule has 4 aromatic rings. The Balaban J connectivity index is 1.34. The molecule has 0 aliphatic carbocycles. The van der Waals surface area contributed by atoms with Gasteiger partial charge in [0.1, 0.15) is 18.8 Å². The van der Waals surface area contributed by atoms with Crippen molar-refractivity contribution in [1.82, 2.24) is 24.7 Å². The fourth-order valence-corrected chi connectivity index (χ4v) is 3.80. The topological polar surface area (TPSA) is 123 Å². The second-order valence-corrected chi connectivity index (χ2v) is 7.65.